The molecule has 0 aliphatic heterocycles. The monoisotopic (exact) mass is 292 g/mol. The van der Waals surface area contributed by atoms with Gasteiger partial charge < -0.3 is 24.9 Å². The minimum atomic E-state index is -0.529. The van der Waals surface area contributed by atoms with Gasteiger partial charge in [-0.3, -0.25) is 4.57 Å². The number of aromatic nitrogens is 2. The summed E-state index contributed by atoms with van der Waals surface area (Å²) in [6.45, 7) is 1.87. The molecule has 0 radical (unpaired) electrons. The van der Waals surface area contributed by atoms with Crippen molar-refractivity contribution in [2.75, 3.05) is 19.5 Å². The van der Waals surface area contributed by atoms with Gasteiger partial charge in [0, 0.05) is 18.8 Å². The number of hydrogen-bond donors (Lipinski definition) is 1. The Balaban J connectivity index is 2.45. The minimum absolute atomic E-state index is 0.230. The van der Waals surface area contributed by atoms with Gasteiger partial charge in [-0.15, -0.1) is 0 Å². The van der Waals surface area contributed by atoms with Crippen LogP contribution in [0.15, 0.2) is 18.5 Å². The summed E-state index contributed by atoms with van der Waals surface area (Å²) in [5.74, 6) is 1.21. The number of benzene rings is 1. The molecule has 0 spiro atoms. The second-order valence-electron chi connectivity index (χ2n) is 4.43. The molecule has 0 aliphatic rings. The quantitative estimate of drug-likeness (QED) is 0.672. The van der Waals surface area contributed by atoms with Crippen LogP contribution in [0.25, 0.3) is 0 Å². The van der Waals surface area contributed by atoms with Gasteiger partial charge in [0.25, 0.3) is 0 Å². The highest BCUT2D eigenvalue weighted by atomic mass is 16.6. The Morgan fingerprint density at radius 2 is 1.90 bits per heavy atom. The molecule has 2 rings (SSSR count). The number of imidazole rings is 1. The molecule has 1 N–H and O–H groups in total. The minimum Gasteiger partial charge on any atom is -0.493 e. The molecule has 8 heteroatoms. The lowest BCUT2D eigenvalue weighted by atomic mass is 10.1. The van der Waals surface area contributed by atoms with Crippen molar-refractivity contribution in [2.45, 2.75) is 6.92 Å². The Labute approximate surface area is 121 Å². The van der Waals surface area contributed by atoms with E-state index in [-0.39, 0.29) is 5.82 Å². The second kappa shape index (κ2) is 5.70. The first kappa shape index (κ1) is 14.6. The summed E-state index contributed by atoms with van der Waals surface area (Å²) in [6, 6.07) is 3.52. The first-order valence-corrected chi connectivity index (χ1v) is 6.13. The molecule has 1 aromatic heterocycles. The number of aryl methyl sites for hydroxylation is 2. The Morgan fingerprint density at radius 1 is 1.29 bits per heavy atom. The molecule has 8 nitrogen and oxygen atoms in total. The van der Waals surface area contributed by atoms with Gasteiger partial charge in [0.05, 0.1) is 14.2 Å². The fourth-order valence-electron chi connectivity index (χ4n) is 1.94. The molecule has 0 fully saturated rings. The lowest BCUT2D eigenvalue weighted by molar-refractivity contribution is -0.388. The van der Waals surface area contributed by atoms with Gasteiger partial charge in [0.15, 0.2) is 11.5 Å². The third-order valence-electron chi connectivity index (χ3n) is 3.07. The highest BCUT2D eigenvalue weighted by molar-refractivity contribution is 5.69. The van der Waals surface area contributed by atoms with Crippen LogP contribution >= 0.6 is 0 Å². The summed E-state index contributed by atoms with van der Waals surface area (Å²) in [5.41, 5.74) is 1.54. The summed E-state index contributed by atoms with van der Waals surface area (Å²) < 4.78 is 12.0. The van der Waals surface area contributed by atoms with Crippen LogP contribution in [-0.4, -0.2) is 28.7 Å². The van der Waals surface area contributed by atoms with Crippen molar-refractivity contribution in [3.8, 4) is 11.5 Å². The average molecular weight is 292 g/mol. The van der Waals surface area contributed by atoms with Crippen LogP contribution in [0.5, 0.6) is 11.5 Å². The van der Waals surface area contributed by atoms with Gasteiger partial charge in [0.1, 0.15) is 0 Å². The second-order valence-corrected chi connectivity index (χ2v) is 4.43. The smallest absolute Gasteiger partial charge is 0.406 e. The van der Waals surface area contributed by atoms with E-state index in [0.717, 1.165) is 5.56 Å². The molecule has 0 unspecified atom stereocenters. The summed E-state index contributed by atoms with van der Waals surface area (Å²) >= 11 is 0. The SMILES string of the molecule is COc1cc(C)c(Nc2c([N+](=O)[O-])ncn2C)cc1OC. The van der Waals surface area contributed by atoms with E-state index in [4.69, 9.17) is 9.47 Å². The summed E-state index contributed by atoms with van der Waals surface area (Å²) in [6.07, 6.45) is 1.39. The van der Waals surface area contributed by atoms with Crippen LogP contribution in [0, 0.1) is 17.0 Å². The van der Waals surface area contributed by atoms with Gasteiger partial charge in [-0.1, -0.05) is 0 Å². The van der Waals surface area contributed by atoms with Gasteiger partial charge in [-0.05, 0) is 28.5 Å². The summed E-state index contributed by atoms with van der Waals surface area (Å²) in [5, 5.41) is 14.0. The fraction of sp³-hybridized carbons (Fsp3) is 0.308. The lowest BCUT2D eigenvalue weighted by Gasteiger charge is -2.14. The zero-order chi connectivity index (χ0) is 15.6. The lowest BCUT2D eigenvalue weighted by Crippen LogP contribution is -2.03. The van der Waals surface area contributed by atoms with Crippen LogP contribution in [0.3, 0.4) is 0 Å². The van der Waals surface area contributed by atoms with E-state index in [1.165, 1.54) is 13.4 Å². The summed E-state index contributed by atoms with van der Waals surface area (Å²) in [4.78, 5) is 14.2. The van der Waals surface area contributed by atoms with E-state index in [1.807, 2.05) is 6.92 Å². The topological polar surface area (TPSA) is 91.5 Å². The number of hydrogen-bond acceptors (Lipinski definition) is 6. The van der Waals surface area contributed by atoms with Crippen molar-refractivity contribution < 1.29 is 14.4 Å². The Kier molecular flexibility index (Phi) is 3.97. The molecule has 112 valence electrons. The highest BCUT2D eigenvalue weighted by Gasteiger charge is 2.21. The molecule has 0 atom stereocenters. The van der Waals surface area contributed by atoms with E-state index in [9.17, 15) is 10.1 Å². The summed E-state index contributed by atoms with van der Waals surface area (Å²) in [7, 11) is 4.76. The molecule has 0 saturated carbocycles. The van der Waals surface area contributed by atoms with E-state index in [1.54, 1.807) is 30.9 Å². The van der Waals surface area contributed by atoms with Crippen LogP contribution in [-0.2, 0) is 7.05 Å². The van der Waals surface area contributed by atoms with E-state index in [0.29, 0.717) is 23.0 Å². The molecule has 0 amide bonds. The van der Waals surface area contributed by atoms with E-state index < -0.39 is 4.92 Å². The van der Waals surface area contributed by atoms with Gasteiger partial charge in [-0.2, -0.15) is 0 Å². The van der Waals surface area contributed by atoms with Crippen molar-refractivity contribution in [2.24, 2.45) is 7.05 Å². The van der Waals surface area contributed by atoms with Gasteiger partial charge >= 0.3 is 5.82 Å². The zero-order valence-corrected chi connectivity index (χ0v) is 12.2. The maximum absolute atomic E-state index is 11.0. The molecule has 1 heterocycles. The number of methoxy groups -OCH3 is 2. The fourth-order valence-corrected chi connectivity index (χ4v) is 1.94. The van der Waals surface area contributed by atoms with Crippen LogP contribution in [0.2, 0.25) is 0 Å². The standard InChI is InChI=1S/C13H16N4O4/c1-8-5-10(20-3)11(21-4)6-9(8)15-13-12(17(18)19)14-7-16(13)2/h5-7,15H,1-4H3. The first-order valence-electron chi connectivity index (χ1n) is 6.13. The number of anilines is 2. The molecule has 2 aromatic rings. The van der Waals surface area contributed by atoms with Crippen LogP contribution < -0.4 is 14.8 Å². The number of nitrogens with one attached hydrogen (secondary N) is 1. The predicted octanol–water partition coefficient (Wildman–Crippen LogP) is 2.40. The Morgan fingerprint density at radius 3 is 2.48 bits per heavy atom. The van der Waals surface area contributed by atoms with Gasteiger partial charge in [-0.25, -0.2) is 0 Å². The number of ether oxygens (including phenoxy) is 2. The molecule has 21 heavy (non-hydrogen) atoms. The molecule has 0 saturated heterocycles. The molecule has 0 bridgehead atoms. The maximum atomic E-state index is 11.0. The van der Waals surface area contributed by atoms with Crippen LogP contribution in [0.1, 0.15) is 5.56 Å². The van der Waals surface area contributed by atoms with Crippen LogP contribution in [0.4, 0.5) is 17.3 Å². The molecule has 1 aromatic carbocycles. The van der Waals surface area contributed by atoms with E-state index >= 15 is 0 Å². The van der Waals surface area contributed by atoms with E-state index in [2.05, 4.69) is 10.3 Å². The third kappa shape index (κ3) is 2.73. The third-order valence-corrected chi connectivity index (χ3v) is 3.07. The van der Waals surface area contributed by atoms with Crippen molar-refractivity contribution >= 4 is 17.3 Å². The Hall–Kier alpha value is -2.77. The van der Waals surface area contributed by atoms with Crippen molar-refractivity contribution in [1.82, 2.24) is 9.55 Å². The molecule has 0 aliphatic carbocycles. The number of nitrogens with zero attached hydrogens (tertiary/aromatic N) is 3. The predicted molar refractivity (Wildman–Crippen MR) is 77.4 cm³/mol. The average Bonchev–Trinajstić information content (AvgIpc) is 2.82. The van der Waals surface area contributed by atoms with Crippen molar-refractivity contribution in [3.63, 3.8) is 0 Å². The molecular formula is C13H16N4O4. The van der Waals surface area contributed by atoms with Gasteiger partial charge in [0.2, 0.25) is 12.1 Å². The maximum Gasteiger partial charge on any atom is 0.406 e. The highest BCUT2D eigenvalue weighted by Crippen LogP contribution is 2.35. The largest absolute Gasteiger partial charge is 0.493 e. The number of nitro groups is 1. The van der Waals surface area contributed by atoms with Crippen molar-refractivity contribution in [1.29, 1.82) is 0 Å². The Bertz CT molecular complexity index is 681. The normalized spacial score (nSPS) is 10.3. The first-order chi connectivity index (χ1) is 9.97. The molecular weight excluding hydrogens is 276 g/mol. The zero-order valence-electron chi connectivity index (χ0n) is 12.2. The number of rotatable bonds is 5. The van der Waals surface area contributed by atoms with Crippen molar-refractivity contribution in [3.05, 3.63) is 34.1 Å².